The van der Waals surface area contributed by atoms with Gasteiger partial charge < -0.3 is 35.1 Å². The Bertz CT molecular complexity index is 1200. The van der Waals surface area contributed by atoms with Gasteiger partial charge in [0.05, 0.1) is 12.0 Å². The zero-order valence-electron chi connectivity index (χ0n) is 16.7. The highest BCUT2D eigenvalue weighted by Gasteiger charge is 2.39. The number of nitrogens with zero attached hydrogens (tertiary/aromatic N) is 2. The number of amides is 2. The fourth-order valence-corrected chi connectivity index (χ4v) is 3.33. The van der Waals surface area contributed by atoms with Crippen LogP contribution in [-0.4, -0.2) is 53.8 Å². The van der Waals surface area contributed by atoms with E-state index in [-0.39, 0.29) is 30.3 Å². The van der Waals surface area contributed by atoms with E-state index in [2.05, 4.69) is 15.2 Å². The molecule has 1 fully saturated rings. The van der Waals surface area contributed by atoms with Gasteiger partial charge in [0, 0.05) is 30.1 Å². The molecule has 2 heterocycles. The number of morpholine rings is 1. The molecule has 1 aromatic heterocycles. The van der Waals surface area contributed by atoms with Crippen molar-refractivity contribution in [3.8, 4) is 5.75 Å². The van der Waals surface area contributed by atoms with Crippen LogP contribution >= 0.6 is 0 Å². The summed E-state index contributed by atoms with van der Waals surface area (Å²) >= 11 is 0. The maximum atomic E-state index is 12.9. The highest BCUT2D eigenvalue weighted by molar-refractivity contribution is 6.04. The van der Waals surface area contributed by atoms with Crippen LogP contribution in [0, 0.1) is 0 Å². The lowest BCUT2D eigenvalue weighted by Crippen LogP contribution is -2.55. The van der Waals surface area contributed by atoms with Crippen LogP contribution in [0.15, 0.2) is 47.0 Å². The molecule has 174 valence electrons. The second-order valence-electron chi connectivity index (χ2n) is 7.04. The van der Waals surface area contributed by atoms with Gasteiger partial charge >= 0.3 is 6.36 Å². The first-order valence-electron chi connectivity index (χ1n) is 9.55. The molecule has 33 heavy (non-hydrogen) atoms. The van der Waals surface area contributed by atoms with E-state index in [9.17, 15) is 27.9 Å². The van der Waals surface area contributed by atoms with Crippen molar-refractivity contribution in [2.75, 3.05) is 29.1 Å². The highest BCUT2D eigenvalue weighted by Crippen LogP contribution is 2.29. The Labute approximate surface area is 183 Å². The first-order chi connectivity index (χ1) is 15.6. The molecule has 2 amide bonds. The number of hydrogen-bond acceptors (Lipinski definition) is 8. The zero-order valence-corrected chi connectivity index (χ0v) is 16.7. The lowest BCUT2D eigenvalue weighted by atomic mass is 10.1. The molecule has 1 aliphatic rings. The summed E-state index contributed by atoms with van der Waals surface area (Å²) in [6.07, 6.45) is -8.37. The molecular formula is C20H17F3N4O6. The van der Waals surface area contributed by atoms with Crippen molar-refractivity contribution in [1.82, 2.24) is 5.16 Å². The van der Waals surface area contributed by atoms with E-state index in [4.69, 9.17) is 15.0 Å². The van der Waals surface area contributed by atoms with Crippen molar-refractivity contribution in [2.45, 2.75) is 18.6 Å². The minimum Gasteiger partial charge on any atom is -0.406 e. The number of hydrogen-bond donors (Lipinski definition) is 3. The Morgan fingerprint density at radius 1 is 1.30 bits per heavy atom. The average molecular weight is 466 g/mol. The largest absolute Gasteiger partial charge is 0.573 e. The summed E-state index contributed by atoms with van der Waals surface area (Å²) in [4.78, 5) is 26.5. The third-order valence-corrected chi connectivity index (χ3v) is 4.81. The van der Waals surface area contributed by atoms with Crippen LogP contribution in [0.4, 0.5) is 30.4 Å². The van der Waals surface area contributed by atoms with Crippen molar-refractivity contribution in [3.63, 3.8) is 0 Å². The molecule has 0 aliphatic carbocycles. The monoisotopic (exact) mass is 466 g/mol. The van der Waals surface area contributed by atoms with Gasteiger partial charge in [0.1, 0.15) is 5.75 Å². The van der Waals surface area contributed by atoms with Crippen LogP contribution in [-0.2, 0) is 14.3 Å². The summed E-state index contributed by atoms with van der Waals surface area (Å²) in [5.41, 5.74) is 6.28. The van der Waals surface area contributed by atoms with Crippen LogP contribution in [0.25, 0.3) is 11.0 Å². The number of rotatable bonds is 5. The number of aliphatic hydroxyl groups excluding tert-OH is 1. The summed E-state index contributed by atoms with van der Waals surface area (Å²) in [5, 5.41) is 17.0. The summed E-state index contributed by atoms with van der Waals surface area (Å²) < 4.78 is 51.7. The van der Waals surface area contributed by atoms with Crippen molar-refractivity contribution in [2.24, 2.45) is 0 Å². The Hall–Kier alpha value is -3.84. The normalized spacial score (nSPS) is 17.8. The van der Waals surface area contributed by atoms with Gasteiger partial charge in [-0.3, -0.25) is 9.59 Å². The molecule has 2 atom stereocenters. The number of benzene rings is 2. The number of nitrogens with two attached hydrogens (primary N) is 1. The van der Waals surface area contributed by atoms with Gasteiger partial charge in [-0.2, -0.15) is 0 Å². The molecule has 2 aromatic carbocycles. The van der Waals surface area contributed by atoms with Crippen molar-refractivity contribution in [3.05, 3.63) is 42.5 Å². The lowest BCUT2D eigenvalue weighted by molar-refractivity contribution is -0.274. The van der Waals surface area contributed by atoms with Crippen LogP contribution in [0.1, 0.15) is 0 Å². The molecule has 1 aliphatic heterocycles. The van der Waals surface area contributed by atoms with E-state index in [1.807, 2.05) is 0 Å². The van der Waals surface area contributed by atoms with E-state index in [0.717, 1.165) is 17.0 Å². The molecule has 13 heteroatoms. The number of anilines is 3. The Morgan fingerprint density at radius 3 is 2.85 bits per heavy atom. The molecule has 3 aromatic rings. The Morgan fingerprint density at radius 2 is 2.09 bits per heavy atom. The van der Waals surface area contributed by atoms with Gasteiger partial charge in [0.15, 0.2) is 23.6 Å². The number of carbonyl (C=O) groups excluding carboxylic acids is 2. The number of fused-ring (bicyclic) bond motifs is 1. The number of nitrogens with one attached hydrogen (secondary N) is 1. The molecule has 2 unspecified atom stereocenters. The smallest absolute Gasteiger partial charge is 0.406 e. The van der Waals surface area contributed by atoms with Gasteiger partial charge in [0.25, 0.3) is 11.8 Å². The van der Waals surface area contributed by atoms with Gasteiger partial charge in [-0.25, -0.2) is 0 Å². The molecule has 0 bridgehead atoms. The summed E-state index contributed by atoms with van der Waals surface area (Å²) in [5.74, 6) is -2.07. The molecule has 10 nitrogen and oxygen atoms in total. The number of carbonyl (C=O) groups is 2. The van der Waals surface area contributed by atoms with Gasteiger partial charge in [0.2, 0.25) is 0 Å². The molecule has 0 saturated carbocycles. The zero-order chi connectivity index (χ0) is 23.8. The fraction of sp³-hybridized carbons (Fsp3) is 0.250. The fourth-order valence-electron chi connectivity index (χ4n) is 3.33. The average Bonchev–Trinajstić information content (AvgIpc) is 3.12. The predicted molar refractivity (Wildman–Crippen MR) is 108 cm³/mol. The predicted octanol–water partition coefficient (Wildman–Crippen LogP) is 2.04. The van der Waals surface area contributed by atoms with Gasteiger partial charge in [-0.15, -0.1) is 13.2 Å². The Balaban J connectivity index is 1.47. The molecule has 4 rings (SSSR count). The molecule has 0 radical (unpaired) electrons. The Kier molecular flexibility index (Phi) is 5.82. The molecule has 4 N–H and O–H groups in total. The quantitative estimate of drug-likeness (QED) is 0.519. The number of alkyl halides is 3. The van der Waals surface area contributed by atoms with E-state index < -0.39 is 36.1 Å². The SMILES string of the molecule is Nc1noc2cc(NC(=O)C(O)C3OCCN(c4cccc(OC(F)(F)F)c4)C3=O)ccc12. The van der Waals surface area contributed by atoms with E-state index >= 15 is 0 Å². The van der Waals surface area contributed by atoms with Crippen LogP contribution in [0.2, 0.25) is 0 Å². The van der Waals surface area contributed by atoms with Gasteiger partial charge in [-0.05, 0) is 24.3 Å². The number of ether oxygens (including phenoxy) is 2. The molecule has 1 saturated heterocycles. The number of nitrogen functional groups attached to an aromatic ring is 1. The molecule has 0 spiro atoms. The maximum Gasteiger partial charge on any atom is 0.573 e. The second-order valence-corrected chi connectivity index (χ2v) is 7.04. The maximum absolute atomic E-state index is 12.9. The number of aliphatic hydroxyl groups is 1. The van der Waals surface area contributed by atoms with Gasteiger partial charge in [-0.1, -0.05) is 11.2 Å². The summed E-state index contributed by atoms with van der Waals surface area (Å²) in [6, 6.07) is 9.29. The minimum absolute atomic E-state index is 0.00270. The van der Waals surface area contributed by atoms with E-state index in [1.54, 1.807) is 6.07 Å². The van der Waals surface area contributed by atoms with Crippen LogP contribution < -0.4 is 20.7 Å². The first-order valence-corrected chi connectivity index (χ1v) is 9.55. The lowest BCUT2D eigenvalue weighted by Gasteiger charge is -2.34. The summed E-state index contributed by atoms with van der Waals surface area (Å²) in [7, 11) is 0. The minimum atomic E-state index is -4.90. The van der Waals surface area contributed by atoms with Crippen LogP contribution in [0.5, 0.6) is 5.75 Å². The van der Waals surface area contributed by atoms with E-state index in [0.29, 0.717) is 11.0 Å². The van der Waals surface area contributed by atoms with Crippen molar-refractivity contribution >= 4 is 40.0 Å². The third-order valence-electron chi connectivity index (χ3n) is 4.81. The van der Waals surface area contributed by atoms with Crippen molar-refractivity contribution in [1.29, 1.82) is 0 Å². The topological polar surface area (TPSA) is 140 Å². The van der Waals surface area contributed by atoms with Crippen molar-refractivity contribution < 1.29 is 41.9 Å². The first kappa shape index (κ1) is 22.4. The third kappa shape index (κ3) is 4.83. The standard InChI is InChI=1S/C20H17F3N4O6/c21-20(22,23)32-12-3-1-2-11(9-12)27-6-7-31-16(19(27)30)15(28)18(29)25-10-4-5-13-14(8-10)33-26-17(13)24/h1-5,8-9,15-16,28H,6-7H2,(H2,24,26)(H,25,29). The van der Waals surface area contributed by atoms with E-state index in [1.165, 1.54) is 24.3 Å². The van der Waals surface area contributed by atoms with Crippen LogP contribution in [0.3, 0.4) is 0 Å². The number of halogens is 3. The molecular weight excluding hydrogens is 449 g/mol. The second kappa shape index (κ2) is 8.60. The highest BCUT2D eigenvalue weighted by atomic mass is 19.4. The number of aromatic nitrogens is 1. The summed E-state index contributed by atoms with van der Waals surface area (Å²) in [6.45, 7) is -0.0584.